The number of halogens is 2. The van der Waals surface area contributed by atoms with Crippen LogP contribution in [-0.4, -0.2) is 36.7 Å². The standard InChI is InChI=1S/C21H16ClFN2O6/c1-11-17(19(25-31-11)18-13(22)7-5-8-14(18)23)21(28)30-10-16(26)24-15-9-4-3-6-12(15)20(27)29-2/h3-9H,10H2,1-2H3,(H,24,26). The number of esters is 2. The van der Waals surface area contributed by atoms with Crippen LogP contribution in [0.2, 0.25) is 5.02 Å². The third-order valence-corrected chi connectivity index (χ3v) is 4.52. The maximum Gasteiger partial charge on any atom is 0.344 e. The molecule has 160 valence electrons. The van der Waals surface area contributed by atoms with Crippen molar-refractivity contribution < 1.29 is 32.8 Å². The van der Waals surface area contributed by atoms with E-state index in [0.29, 0.717) is 0 Å². The molecule has 0 saturated heterocycles. The zero-order chi connectivity index (χ0) is 22.5. The number of hydrogen-bond acceptors (Lipinski definition) is 7. The fourth-order valence-corrected chi connectivity index (χ4v) is 3.03. The molecule has 31 heavy (non-hydrogen) atoms. The van der Waals surface area contributed by atoms with Crippen molar-refractivity contribution in [2.24, 2.45) is 0 Å². The number of aromatic nitrogens is 1. The van der Waals surface area contributed by atoms with Gasteiger partial charge in [0.2, 0.25) is 0 Å². The third-order valence-electron chi connectivity index (χ3n) is 4.21. The van der Waals surface area contributed by atoms with Gasteiger partial charge >= 0.3 is 11.9 Å². The van der Waals surface area contributed by atoms with Gasteiger partial charge in [0.25, 0.3) is 5.91 Å². The van der Waals surface area contributed by atoms with Gasteiger partial charge in [-0.05, 0) is 31.2 Å². The Labute approximate surface area is 180 Å². The van der Waals surface area contributed by atoms with Crippen molar-refractivity contribution in [1.82, 2.24) is 5.16 Å². The first-order chi connectivity index (χ1) is 14.8. The zero-order valence-corrected chi connectivity index (χ0v) is 17.2. The maximum atomic E-state index is 14.3. The lowest BCUT2D eigenvalue weighted by Crippen LogP contribution is -2.22. The van der Waals surface area contributed by atoms with Crippen LogP contribution in [0.25, 0.3) is 11.3 Å². The van der Waals surface area contributed by atoms with Crippen LogP contribution in [0.1, 0.15) is 26.5 Å². The highest BCUT2D eigenvalue weighted by molar-refractivity contribution is 6.33. The summed E-state index contributed by atoms with van der Waals surface area (Å²) in [4.78, 5) is 36.6. The predicted molar refractivity (Wildman–Crippen MR) is 108 cm³/mol. The number of anilines is 1. The highest BCUT2D eigenvalue weighted by Crippen LogP contribution is 2.33. The highest BCUT2D eigenvalue weighted by Gasteiger charge is 2.27. The number of para-hydroxylation sites is 1. The molecule has 0 aliphatic carbocycles. The summed E-state index contributed by atoms with van der Waals surface area (Å²) in [6.45, 7) is 0.762. The first kappa shape index (κ1) is 22.0. The van der Waals surface area contributed by atoms with Crippen LogP contribution < -0.4 is 5.32 Å². The van der Waals surface area contributed by atoms with E-state index < -0.39 is 30.3 Å². The SMILES string of the molecule is COC(=O)c1ccccc1NC(=O)COC(=O)c1c(-c2c(F)cccc2Cl)noc1C. The number of amides is 1. The Kier molecular flexibility index (Phi) is 6.66. The molecule has 1 heterocycles. The summed E-state index contributed by atoms with van der Waals surface area (Å²) in [5.41, 5.74) is -0.0901. The van der Waals surface area contributed by atoms with E-state index in [1.54, 1.807) is 12.1 Å². The second-order valence-electron chi connectivity index (χ2n) is 6.22. The summed E-state index contributed by atoms with van der Waals surface area (Å²) in [5.74, 6) is -2.93. The van der Waals surface area contributed by atoms with Crippen LogP contribution in [0.5, 0.6) is 0 Å². The molecule has 3 rings (SSSR count). The number of ether oxygens (including phenoxy) is 2. The molecule has 0 bridgehead atoms. The van der Waals surface area contributed by atoms with Crippen LogP contribution >= 0.6 is 11.6 Å². The van der Waals surface area contributed by atoms with Crippen LogP contribution in [0, 0.1) is 12.7 Å². The molecule has 0 radical (unpaired) electrons. The van der Waals surface area contributed by atoms with Crippen LogP contribution in [0.4, 0.5) is 10.1 Å². The number of methoxy groups -OCH3 is 1. The van der Waals surface area contributed by atoms with E-state index >= 15 is 0 Å². The Morgan fingerprint density at radius 2 is 1.87 bits per heavy atom. The summed E-state index contributed by atoms with van der Waals surface area (Å²) in [7, 11) is 1.21. The van der Waals surface area contributed by atoms with Gasteiger partial charge in [-0.2, -0.15) is 0 Å². The molecule has 0 spiro atoms. The van der Waals surface area contributed by atoms with Gasteiger partial charge in [-0.1, -0.05) is 35.0 Å². The molecule has 0 fully saturated rings. The van der Waals surface area contributed by atoms with Gasteiger partial charge in [0, 0.05) is 0 Å². The molecule has 0 saturated carbocycles. The average Bonchev–Trinajstić information content (AvgIpc) is 3.12. The maximum absolute atomic E-state index is 14.3. The molecular weight excluding hydrogens is 431 g/mol. The smallest absolute Gasteiger partial charge is 0.344 e. The number of aryl methyl sites for hydroxylation is 1. The Bertz CT molecular complexity index is 1140. The number of benzene rings is 2. The van der Waals surface area contributed by atoms with Gasteiger partial charge in [-0.15, -0.1) is 0 Å². The fourth-order valence-electron chi connectivity index (χ4n) is 2.78. The Morgan fingerprint density at radius 3 is 2.58 bits per heavy atom. The predicted octanol–water partition coefficient (Wildman–Crippen LogP) is 4.02. The summed E-state index contributed by atoms with van der Waals surface area (Å²) in [5, 5.41) is 6.21. The van der Waals surface area contributed by atoms with E-state index in [2.05, 4.69) is 15.2 Å². The number of carbonyl (C=O) groups excluding carboxylic acids is 3. The normalized spacial score (nSPS) is 10.5. The molecule has 2 aromatic carbocycles. The highest BCUT2D eigenvalue weighted by atomic mass is 35.5. The van der Waals surface area contributed by atoms with Crippen LogP contribution in [-0.2, 0) is 14.3 Å². The van der Waals surface area contributed by atoms with Gasteiger partial charge < -0.3 is 19.3 Å². The van der Waals surface area contributed by atoms with E-state index in [1.165, 1.54) is 38.3 Å². The van der Waals surface area contributed by atoms with E-state index in [9.17, 15) is 18.8 Å². The zero-order valence-electron chi connectivity index (χ0n) is 16.4. The van der Waals surface area contributed by atoms with Crippen LogP contribution in [0.15, 0.2) is 47.0 Å². The quantitative estimate of drug-likeness (QED) is 0.569. The van der Waals surface area contributed by atoms with Crippen LogP contribution in [0.3, 0.4) is 0 Å². The lowest BCUT2D eigenvalue weighted by Gasteiger charge is -2.10. The summed E-state index contributed by atoms with van der Waals surface area (Å²) >= 11 is 6.04. The van der Waals surface area contributed by atoms with E-state index in [4.69, 9.17) is 20.9 Å². The van der Waals surface area contributed by atoms with Crippen molar-refractivity contribution in [3.8, 4) is 11.3 Å². The van der Waals surface area contributed by atoms with E-state index in [1.807, 2.05) is 0 Å². The number of hydrogen-bond donors (Lipinski definition) is 1. The van der Waals surface area contributed by atoms with Crippen molar-refractivity contribution in [3.63, 3.8) is 0 Å². The molecule has 0 unspecified atom stereocenters. The second-order valence-corrected chi connectivity index (χ2v) is 6.63. The first-order valence-corrected chi connectivity index (χ1v) is 9.26. The monoisotopic (exact) mass is 446 g/mol. The lowest BCUT2D eigenvalue weighted by atomic mass is 10.1. The molecule has 1 amide bonds. The fraction of sp³-hybridized carbons (Fsp3) is 0.143. The summed E-state index contributed by atoms with van der Waals surface area (Å²) < 4.78 is 29.0. The minimum atomic E-state index is -0.954. The number of nitrogens with one attached hydrogen (secondary N) is 1. The van der Waals surface area contributed by atoms with Crippen molar-refractivity contribution >= 4 is 35.1 Å². The molecule has 3 aromatic rings. The molecule has 0 atom stereocenters. The molecular formula is C21H16ClFN2O6. The summed E-state index contributed by atoms with van der Waals surface area (Å²) in [6.07, 6.45) is 0. The van der Waals surface area contributed by atoms with Gasteiger partial charge in [0.1, 0.15) is 22.8 Å². The summed E-state index contributed by atoms with van der Waals surface area (Å²) in [6, 6.07) is 10.2. The Balaban J connectivity index is 1.75. The van der Waals surface area contributed by atoms with Crippen molar-refractivity contribution in [2.75, 3.05) is 19.0 Å². The topological polar surface area (TPSA) is 108 Å². The van der Waals surface area contributed by atoms with Gasteiger partial charge in [-0.25, -0.2) is 14.0 Å². The lowest BCUT2D eigenvalue weighted by molar-refractivity contribution is -0.119. The van der Waals surface area contributed by atoms with Gasteiger partial charge in [0.15, 0.2) is 6.61 Å². The minimum Gasteiger partial charge on any atom is -0.465 e. The number of rotatable bonds is 6. The Morgan fingerprint density at radius 1 is 1.13 bits per heavy atom. The Hall–Kier alpha value is -3.72. The van der Waals surface area contributed by atoms with Gasteiger partial charge in [-0.3, -0.25) is 4.79 Å². The van der Waals surface area contributed by atoms with Gasteiger partial charge in [0.05, 0.1) is 28.9 Å². The molecule has 0 aliphatic heterocycles. The average molecular weight is 447 g/mol. The number of nitrogens with zero attached hydrogens (tertiary/aromatic N) is 1. The molecule has 0 aliphatic rings. The van der Waals surface area contributed by atoms with E-state index in [0.717, 1.165) is 6.07 Å². The molecule has 1 N–H and O–H groups in total. The molecule has 8 nitrogen and oxygen atoms in total. The van der Waals surface area contributed by atoms with Crippen molar-refractivity contribution in [2.45, 2.75) is 6.92 Å². The minimum absolute atomic E-state index is 0.0273. The third kappa shape index (κ3) is 4.72. The second kappa shape index (κ2) is 9.40. The molecule has 1 aromatic heterocycles. The molecule has 10 heteroatoms. The van der Waals surface area contributed by atoms with Crippen molar-refractivity contribution in [1.29, 1.82) is 0 Å². The number of carbonyl (C=O) groups is 3. The largest absolute Gasteiger partial charge is 0.465 e. The first-order valence-electron chi connectivity index (χ1n) is 8.88. The van der Waals surface area contributed by atoms with E-state index in [-0.39, 0.29) is 38.9 Å². The van der Waals surface area contributed by atoms with Crippen molar-refractivity contribution in [3.05, 3.63) is 70.2 Å².